The van der Waals surface area contributed by atoms with E-state index in [9.17, 15) is 4.79 Å². The Kier molecular flexibility index (Phi) is 4.58. The number of carbonyl (C=O) groups excluding carboxylic acids is 1. The van der Waals surface area contributed by atoms with Gasteiger partial charge in [0.2, 0.25) is 0 Å². The first-order valence-electron chi connectivity index (χ1n) is 6.68. The highest BCUT2D eigenvalue weighted by Gasteiger charge is 2.48. The monoisotopic (exact) mass is 381 g/mol. The molecule has 1 saturated carbocycles. The van der Waals surface area contributed by atoms with E-state index in [1.807, 2.05) is 24.3 Å². The van der Waals surface area contributed by atoms with Crippen molar-refractivity contribution in [2.45, 2.75) is 22.1 Å². The van der Waals surface area contributed by atoms with E-state index < -0.39 is 3.12 Å². The maximum Gasteiger partial charge on any atom is 0.350 e. The summed E-state index contributed by atoms with van der Waals surface area (Å²) in [5.74, 6) is 1.14. The fraction of sp³-hybridized carbons (Fsp3) is 0.462. The molecule has 1 N–H and O–H groups in total. The zero-order valence-corrected chi connectivity index (χ0v) is 14.7. The molecule has 1 unspecified atom stereocenters. The molecule has 1 aromatic carbocycles. The van der Waals surface area contributed by atoms with Crippen molar-refractivity contribution in [2.24, 2.45) is 5.92 Å². The second kappa shape index (κ2) is 6.17. The average Bonchev–Trinajstić information content (AvgIpc) is 3.25. The van der Waals surface area contributed by atoms with E-state index in [1.54, 1.807) is 12.0 Å². The van der Waals surface area contributed by atoms with Crippen LogP contribution in [0.1, 0.15) is 12.8 Å². The van der Waals surface area contributed by atoms with Gasteiger partial charge in [0.15, 0.2) is 0 Å². The highest BCUT2D eigenvalue weighted by molar-refractivity contribution is 8.03. The van der Waals surface area contributed by atoms with Gasteiger partial charge >= 0.3 is 6.03 Å². The Hall–Kier alpha value is -0.530. The normalized spacial score (nSPS) is 22.4. The number of nitrogens with zero attached hydrogens (tertiary/aromatic N) is 2. The van der Waals surface area contributed by atoms with E-state index in [2.05, 4.69) is 5.43 Å². The summed E-state index contributed by atoms with van der Waals surface area (Å²) in [5, 5.41) is 0. The molecule has 0 radical (unpaired) electrons. The van der Waals surface area contributed by atoms with E-state index in [-0.39, 0.29) is 12.2 Å². The molecule has 1 aliphatic carbocycles. The number of ether oxygens (including phenoxy) is 1. The van der Waals surface area contributed by atoms with Crippen LogP contribution < -0.4 is 15.1 Å². The number of carbonyl (C=O) groups is 1. The molecule has 2 fully saturated rings. The van der Waals surface area contributed by atoms with Crippen molar-refractivity contribution in [3.05, 3.63) is 24.3 Å². The molecule has 1 aromatic rings. The molecule has 9 heteroatoms. The summed E-state index contributed by atoms with van der Waals surface area (Å²) in [5.41, 5.74) is 3.90. The molecule has 2 aliphatic rings. The Labute approximate surface area is 147 Å². The Morgan fingerprint density at radius 1 is 1.27 bits per heavy atom. The van der Waals surface area contributed by atoms with Gasteiger partial charge in [-0.2, -0.15) is 9.84 Å². The number of methoxy groups -OCH3 is 1. The van der Waals surface area contributed by atoms with E-state index >= 15 is 0 Å². The second-order valence-corrected chi connectivity index (χ2v) is 9.21. The van der Waals surface area contributed by atoms with Gasteiger partial charge in [-0.05, 0) is 43.0 Å². The largest absolute Gasteiger partial charge is 0.497 e. The first-order valence-corrected chi connectivity index (χ1v) is 8.59. The fourth-order valence-electron chi connectivity index (χ4n) is 2.36. The molecule has 0 aromatic heterocycles. The van der Waals surface area contributed by atoms with Crippen LogP contribution in [-0.4, -0.2) is 26.8 Å². The van der Waals surface area contributed by atoms with Crippen LogP contribution in [-0.2, 0) is 0 Å². The standard InChI is InChI=1S/C13H14Cl3N3O2S/c1-21-10-6-4-9(5-7-10)18-11(8-2-3-8)17-19(12(18)20)22-13(14,15)16/h4-8,11,17H,2-3H2,1H3. The maximum atomic E-state index is 12.6. The molecule has 5 nitrogen and oxygen atoms in total. The third kappa shape index (κ3) is 3.51. The number of amides is 2. The van der Waals surface area contributed by atoms with Gasteiger partial charge in [-0.15, -0.1) is 0 Å². The van der Waals surface area contributed by atoms with Crippen molar-refractivity contribution in [2.75, 3.05) is 12.0 Å². The van der Waals surface area contributed by atoms with Crippen LogP contribution in [0, 0.1) is 5.92 Å². The van der Waals surface area contributed by atoms with Crippen molar-refractivity contribution >= 4 is 58.5 Å². The SMILES string of the molecule is COc1ccc(N2C(=O)N(SC(Cl)(Cl)Cl)NC2C2CC2)cc1. The zero-order valence-electron chi connectivity index (χ0n) is 11.6. The minimum Gasteiger partial charge on any atom is -0.497 e. The van der Waals surface area contributed by atoms with Crippen molar-refractivity contribution < 1.29 is 9.53 Å². The van der Waals surface area contributed by atoms with E-state index in [1.165, 1.54) is 4.41 Å². The van der Waals surface area contributed by atoms with Crippen molar-refractivity contribution in [3.63, 3.8) is 0 Å². The minimum absolute atomic E-state index is 0.124. The molecular weight excluding hydrogens is 369 g/mol. The third-order valence-electron chi connectivity index (χ3n) is 3.52. The van der Waals surface area contributed by atoms with Crippen LogP contribution in [0.2, 0.25) is 0 Å². The lowest BCUT2D eigenvalue weighted by Crippen LogP contribution is -2.39. The molecule has 1 heterocycles. The lowest BCUT2D eigenvalue weighted by Gasteiger charge is -2.22. The van der Waals surface area contributed by atoms with Crippen LogP contribution >= 0.6 is 46.8 Å². The van der Waals surface area contributed by atoms with Gasteiger partial charge in [-0.1, -0.05) is 34.8 Å². The molecule has 0 bridgehead atoms. The van der Waals surface area contributed by atoms with E-state index in [0.29, 0.717) is 5.92 Å². The van der Waals surface area contributed by atoms with Gasteiger partial charge in [0.1, 0.15) is 11.9 Å². The van der Waals surface area contributed by atoms with E-state index in [0.717, 1.165) is 36.2 Å². The average molecular weight is 383 g/mol. The van der Waals surface area contributed by atoms with Crippen molar-refractivity contribution in [3.8, 4) is 5.75 Å². The zero-order chi connectivity index (χ0) is 15.9. The fourth-order valence-corrected chi connectivity index (χ4v) is 3.52. The number of benzene rings is 1. The number of nitrogens with one attached hydrogen (secondary N) is 1. The Balaban J connectivity index is 1.84. The predicted molar refractivity (Wildman–Crippen MR) is 90.2 cm³/mol. The lowest BCUT2D eigenvalue weighted by molar-refractivity contribution is 0.236. The molecule has 1 saturated heterocycles. The molecule has 3 rings (SSSR count). The first kappa shape index (κ1) is 16.3. The van der Waals surface area contributed by atoms with Crippen LogP contribution in [0.25, 0.3) is 0 Å². The number of halogens is 3. The Morgan fingerprint density at radius 3 is 2.41 bits per heavy atom. The lowest BCUT2D eigenvalue weighted by atomic mass is 10.2. The topological polar surface area (TPSA) is 44.8 Å². The van der Waals surface area contributed by atoms with Gasteiger partial charge in [-0.3, -0.25) is 4.90 Å². The van der Waals surface area contributed by atoms with Crippen LogP contribution in [0.5, 0.6) is 5.75 Å². The number of alkyl halides is 3. The summed E-state index contributed by atoms with van der Waals surface area (Å²) in [6, 6.07) is 7.07. The number of anilines is 1. The van der Waals surface area contributed by atoms with Gasteiger partial charge in [0, 0.05) is 17.6 Å². The van der Waals surface area contributed by atoms with Crippen LogP contribution in [0.4, 0.5) is 10.5 Å². The van der Waals surface area contributed by atoms with Gasteiger partial charge < -0.3 is 4.74 Å². The van der Waals surface area contributed by atoms with Crippen LogP contribution in [0.3, 0.4) is 0 Å². The highest BCUT2D eigenvalue weighted by Crippen LogP contribution is 2.45. The summed E-state index contributed by atoms with van der Waals surface area (Å²) < 4.78 is 4.83. The smallest absolute Gasteiger partial charge is 0.350 e. The number of urea groups is 1. The number of rotatable bonds is 4. The summed E-state index contributed by atoms with van der Waals surface area (Å²) in [7, 11) is 1.60. The molecule has 120 valence electrons. The maximum absolute atomic E-state index is 12.6. The van der Waals surface area contributed by atoms with Crippen molar-refractivity contribution in [1.82, 2.24) is 9.84 Å². The van der Waals surface area contributed by atoms with Gasteiger partial charge in [0.05, 0.1) is 7.11 Å². The molecular formula is C13H14Cl3N3O2S. The minimum atomic E-state index is -1.60. The molecule has 1 atom stereocenters. The highest BCUT2D eigenvalue weighted by atomic mass is 35.6. The summed E-state index contributed by atoms with van der Waals surface area (Å²) in [4.78, 5) is 14.3. The number of hydrazine groups is 1. The molecule has 22 heavy (non-hydrogen) atoms. The summed E-state index contributed by atoms with van der Waals surface area (Å²) in [6.45, 7) is 0. The summed E-state index contributed by atoms with van der Waals surface area (Å²) in [6.07, 6.45) is 2.02. The van der Waals surface area contributed by atoms with Gasteiger partial charge in [-0.25, -0.2) is 4.79 Å². The molecule has 1 aliphatic heterocycles. The molecule has 2 amide bonds. The second-order valence-electron chi connectivity index (χ2n) is 5.09. The van der Waals surface area contributed by atoms with Gasteiger partial charge in [0.25, 0.3) is 3.12 Å². The first-order chi connectivity index (χ1) is 10.4. The Bertz CT molecular complexity index is 563. The predicted octanol–water partition coefficient (Wildman–Crippen LogP) is 4.15. The quantitative estimate of drug-likeness (QED) is 0.627. The van der Waals surface area contributed by atoms with E-state index in [4.69, 9.17) is 39.5 Å². The number of hydrogen-bond acceptors (Lipinski definition) is 4. The Morgan fingerprint density at radius 2 is 1.91 bits per heavy atom. The molecule has 0 spiro atoms. The number of hydrogen-bond donors (Lipinski definition) is 1. The summed E-state index contributed by atoms with van der Waals surface area (Å²) >= 11 is 18.2. The van der Waals surface area contributed by atoms with Crippen LogP contribution in [0.15, 0.2) is 24.3 Å². The van der Waals surface area contributed by atoms with Crippen molar-refractivity contribution in [1.29, 1.82) is 0 Å². The third-order valence-corrected chi connectivity index (χ3v) is 4.79.